The number of hydrogen-bond acceptors (Lipinski definition) is 6. The monoisotopic (exact) mass is 493 g/mol. The van der Waals surface area contributed by atoms with E-state index in [1.54, 1.807) is 11.8 Å². The minimum atomic E-state index is -0.624. The molecule has 0 aliphatic heterocycles. The van der Waals surface area contributed by atoms with Crippen molar-refractivity contribution in [2.24, 2.45) is 34.0 Å². The highest BCUT2D eigenvalue weighted by Crippen LogP contribution is 2.67. The Balaban J connectivity index is 1.88. The number of carbonyl (C=O) groups is 2. The Hall–Kier alpha value is -0.850. The zero-order chi connectivity index (χ0) is 25.3. The van der Waals surface area contributed by atoms with Crippen molar-refractivity contribution in [3.63, 3.8) is 0 Å². The van der Waals surface area contributed by atoms with Crippen LogP contribution in [0.3, 0.4) is 0 Å². The first-order chi connectivity index (χ1) is 16.0. The average molecular weight is 494 g/mol. The number of Topliss-reactive ketones (excluding diaryl/α,β-unsaturated/α-hetero) is 1. The second-order valence-corrected chi connectivity index (χ2v) is 12.7. The molecule has 0 amide bonds. The van der Waals surface area contributed by atoms with Crippen molar-refractivity contribution in [1.29, 1.82) is 0 Å². The Labute approximate surface area is 211 Å². The van der Waals surface area contributed by atoms with Crippen molar-refractivity contribution < 1.29 is 19.4 Å². The second kappa shape index (κ2) is 10.6. The van der Waals surface area contributed by atoms with Crippen LogP contribution in [0.15, 0.2) is 12.7 Å². The number of hydrogen-bond donors (Lipinski definition) is 1. The lowest BCUT2D eigenvalue weighted by molar-refractivity contribution is -0.205. The van der Waals surface area contributed by atoms with E-state index in [2.05, 4.69) is 46.1 Å². The molecule has 0 aromatic carbocycles. The summed E-state index contributed by atoms with van der Waals surface area (Å²) in [4.78, 5) is 28.9. The summed E-state index contributed by atoms with van der Waals surface area (Å²) < 4.78 is 6.30. The van der Waals surface area contributed by atoms with Gasteiger partial charge < -0.3 is 14.7 Å². The Morgan fingerprint density at radius 1 is 1.26 bits per heavy atom. The molecule has 8 atom stereocenters. The van der Waals surface area contributed by atoms with Crippen molar-refractivity contribution >= 4 is 23.5 Å². The van der Waals surface area contributed by atoms with Crippen LogP contribution in [0.5, 0.6) is 0 Å². The van der Waals surface area contributed by atoms with E-state index < -0.39 is 23.0 Å². The first kappa shape index (κ1) is 27.7. The molecule has 3 fully saturated rings. The molecule has 5 nitrogen and oxygen atoms in total. The van der Waals surface area contributed by atoms with Gasteiger partial charge in [0.15, 0.2) is 0 Å². The van der Waals surface area contributed by atoms with Crippen LogP contribution >= 0.6 is 11.8 Å². The predicted molar refractivity (Wildman–Crippen MR) is 140 cm³/mol. The fourth-order valence-electron chi connectivity index (χ4n) is 7.58. The number of rotatable bonds is 9. The third-order valence-corrected chi connectivity index (χ3v) is 11.2. The van der Waals surface area contributed by atoms with Crippen molar-refractivity contribution in [3.05, 3.63) is 12.7 Å². The minimum Gasteiger partial charge on any atom is -0.461 e. The molecule has 3 aliphatic carbocycles. The van der Waals surface area contributed by atoms with Gasteiger partial charge in [0, 0.05) is 35.5 Å². The molecule has 1 unspecified atom stereocenters. The zero-order valence-corrected chi connectivity index (χ0v) is 23.1. The summed E-state index contributed by atoms with van der Waals surface area (Å²) in [6.45, 7) is 20.0. The summed E-state index contributed by atoms with van der Waals surface area (Å²) in [5.41, 5.74) is -1.25. The summed E-state index contributed by atoms with van der Waals surface area (Å²) in [6.07, 6.45) is 4.64. The molecule has 0 heterocycles. The lowest BCUT2D eigenvalue weighted by Gasteiger charge is -2.61. The van der Waals surface area contributed by atoms with Gasteiger partial charge in [-0.25, -0.2) is 0 Å². The molecule has 1 N–H and O–H groups in total. The molecule has 3 aliphatic rings. The van der Waals surface area contributed by atoms with E-state index in [0.29, 0.717) is 24.4 Å². The van der Waals surface area contributed by atoms with E-state index in [1.165, 1.54) is 0 Å². The van der Waals surface area contributed by atoms with Gasteiger partial charge in [-0.15, -0.1) is 18.3 Å². The van der Waals surface area contributed by atoms with Crippen LogP contribution in [0.25, 0.3) is 0 Å². The lowest BCUT2D eigenvalue weighted by Crippen LogP contribution is -2.63. The van der Waals surface area contributed by atoms with Gasteiger partial charge in [0.2, 0.25) is 0 Å². The van der Waals surface area contributed by atoms with Crippen LogP contribution in [0.2, 0.25) is 0 Å². The molecular weight excluding hydrogens is 446 g/mol. The highest BCUT2D eigenvalue weighted by Gasteiger charge is 2.68. The van der Waals surface area contributed by atoms with E-state index >= 15 is 0 Å². The van der Waals surface area contributed by atoms with Gasteiger partial charge in [0.1, 0.15) is 11.9 Å². The largest absolute Gasteiger partial charge is 0.461 e. The zero-order valence-electron chi connectivity index (χ0n) is 22.3. The van der Waals surface area contributed by atoms with Gasteiger partial charge in [-0.3, -0.25) is 9.59 Å². The van der Waals surface area contributed by atoms with Crippen LogP contribution in [-0.2, 0) is 14.3 Å². The Morgan fingerprint density at radius 2 is 1.94 bits per heavy atom. The van der Waals surface area contributed by atoms with Gasteiger partial charge in [0.05, 0.1) is 11.9 Å². The molecule has 0 aromatic rings. The molecule has 3 saturated carbocycles. The highest BCUT2D eigenvalue weighted by atomic mass is 32.2. The summed E-state index contributed by atoms with van der Waals surface area (Å²) in [5, 5.41) is 11.6. The molecule has 2 bridgehead atoms. The number of ether oxygens (including phenoxy) is 1. The average Bonchev–Trinajstić information content (AvgIpc) is 3.17. The number of aliphatic hydroxyl groups is 1. The molecule has 34 heavy (non-hydrogen) atoms. The number of ketones is 1. The van der Waals surface area contributed by atoms with Crippen LogP contribution in [-0.4, -0.2) is 65.1 Å². The smallest absolute Gasteiger partial charge is 0.316 e. The van der Waals surface area contributed by atoms with Crippen molar-refractivity contribution in [2.75, 3.05) is 31.1 Å². The van der Waals surface area contributed by atoms with Crippen molar-refractivity contribution in [1.82, 2.24) is 4.90 Å². The molecular formula is C28H47NO4S. The maximum Gasteiger partial charge on any atom is 0.316 e. The molecule has 6 heteroatoms. The van der Waals surface area contributed by atoms with Crippen LogP contribution in [0.4, 0.5) is 0 Å². The summed E-state index contributed by atoms with van der Waals surface area (Å²) in [7, 11) is 0. The number of carbonyl (C=O) groups excluding carboxylic acids is 2. The first-order valence-electron chi connectivity index (χ1n) is 13.3. The van der Waals surface area contributed by atoms with E-state index in [1.807, 2.05) is 13.0 Å². The standard InChI is InChI=1S/C28H47NO4S/c1-8-26(6)17-22(33-23(31)18-34-16-15-29(9-2)10-3)27(7)19(4)11-13-28(20(5)25(26)32)14-12-21(30)24(27)28/h8,19-20,22,24-25,32H,1,9-18H2,2-7H3/t19-,20+,22-,24-,25+,26-,27-,28?/m1/s1. The van der Waals surface area contributed by atoms with Crippen molar-refractivity contribution in [3.8, 4) is 0 Å². The fraction of sp³-hybridized carbons (Fsp3) is 0.857. The fourth-order valence-corrected chi connectivity index (χ4v) is 8.35. The number of aliphatic hydroxyl groups excluding tert-OH is 1. The summed E-state index contributed by atoms with van der Waals surface area (Å²) in [6, 6.07) is 0. The van der Waals surface area contributed by atoms with Gasteiger partial charge in [0.25, 0.3) is 0 Å². The number of thioether (sulfide) groups is 1. The first-order valence-corrected chi connectivity index (χ1v) is 14.5. The Bertz CT molecular complexity index is 770. The van der Waals surface area contributed by atoms with Gasteiger partial charge in [-0.1, -0.05) is 47.6 Å². The lowest BCUT2D eigenvalue weighted by atomic mass is 9.44. The highest BCUT2D eigenvalue weighted by molar-refractivity contribution is 7.99. The topological polar surface area (TPSA) is 66.8 Å². The summed E-state index contributed by atoms with van der Waals surface area (Å²) in [5.74, 6) is 1.37. The molecule has 0 saturated heterocycles. The Kier molecular flexibility index (Phi) is 8.68. The normalized spacial score (nSPS) is 42.1. The SMILES string of the molecule is C=C[C@]1(C)C[C@@H](OC(=O)CSCCN(CC)CC)[C@@]2(C)[C@H](C)CCC3(CCC(=O)[C@@H]32)[C@@H](C)[C@@H]1O. The van der Waals surface area contributed by atoms with Crippen LogP contribution in [0, 0.1) is 34.0 Å². The molecule has 0 radical (unpaired) electrons. The maximum atomic E-state index is 13.4. The number of nitrogens with zero attached hydrogens (tertiary/aromatic N) is 1. The minimum absolute atomic E-state index is 0.00828. The van der Waals surface area contributed by atoms with E-state index in [4.69, 9.17) is 4.74 Å². The maximum absolute atomic E-state index is 13.4. The molecule has 0 aromatic heterocycles. The predicted octanol–water partition coefficient (Wildman–Crippen LogP) is 4.97. The van der Waals surface area contributed by atoms with Crippen LogP contribution < -0.4 is 0 Å². The van der Waals surface area contributed by atoms with E-state index in [0.717, 1.165) is 44.6 Å². The summed E-state index contributed by atoms with van der Waals surface area (Å²) >= 11 is 1.61. The van der Waals surface area contributed by atoms with Gasteiger partial charge in [-0.05, 0) is 56.0 Å². The molecule has 194 valence electrons. The van der Waals surface area contributed by atoms with Crippen molar-refractivity contribution in [2.45, 2.75) is 85.9 Å². The van der Waals surface area contributed by atoms with Crippen LogP contribution in [0.1, 0.15) is 73.6 Å². The second-order valence-electron chi connectivity index (χ2n) is 11.6. The number of esters is 1. The third-order valence-electron chi connectivity index (χ3n) is 10.2. The van der Waals surface area contributed by atoms with Gasteiger partial charge in [-0.2, -0.15) is 0 Å². The van der Waals surface area contributed by atoms with E-state index in [9.17, 15) is 14.7 Å². The van der Waals surface area contributed by atoms with Gasteiger partial charge >= 0.3 is 5.97 Å². The quantitative estimate of drug-likeness (QED) is 0.278. The van der Waals surface area contributed by atoms with E-state index in [-0.39, 0.29) is 29.1 Å². The molecule has 0 spiro atoms. The third kappa shape index (κ3) is 4.64. The molecule has 3 rings (SSSR count). The Morgan fingerprint density at radius 3 is 2.56 bits per heavy atom.